The summed E-state index contributed by atoms with van der Waals surface area (Å²) < 4.78 is 17.8. The maximum Gasteiger partial charge on any atom is 0.251 e. The summed E-state index contributed by atoms with van der Waals surface area (Å²) in [6, 6.07) is 9.03. The van der Waals surface area contributed by atoms with E-state index in [9.17, 15) is 4.79 Å². The number of fused-ring (bicyclic) bond motifs is 1. The van der Waals surface area contributed by atoms with Crippen LogP contribution in [-0.2, 0) is 6.54 Å². The molecule has 0 aliphatic carbocycles. The molecule has 1 amide bonds. The SMILES string of the molecule is COc1cc(C(=O)NCc2c(C)nc3ccccn23)cc(OC)c1OC. The van der Waals surface area contributed by atoms with Gasteiger partial charge in [-0.2, -0.15) is 0 Å². The number of nitrogens with zero attached hydrogens (tertiary/aromatic N) is 2. The summed E-state index contributed by atoms with van der Waals surface area (Å²) in [6.07, 6.45) is 1.93. The molecule has 2 aromatic heterocycles. The second kappa shape index (κ2) is 7.35. The fraction of sp³-hybridized carbons (Fsp3) is 0.263. The van der Waals surface area contributed by atoms with Crippen molar-refractivity contribution in [3.05, 3.63) is 53.5 Å². The van der Waals surface area contributed by atoms with Gasteiger partial charge in [0.25, 0.3) is 5.91 Å². The fourth-order valence-electron chi connectivity index (χ4n) is 2.86. The molecule has 0 aliphatic rings. The Hall–Kier alpha value is -3.22. The highest BCUT2D eigenvalue weighted by Crippen LogP contribution is 2.38. The Morgan fingerprint density at radius 2 is 1.81 bits per heavy atom. The molecule has 0 bridgehead atoms. The molecular weight excluding hydrogens is 334 g/mol. The smallest absolute Gasteiger partial charge is 0.251 e. The summed E-state index contributed by atoms with van der Waals surface area (Å²) in [5, 5.41) is 2.92. The van der Waals surface area contributed by atoms with Crippen LogP contribution in [-0.4, -0.2) is 36.6 Å². The maximum absolute atomic E-state index is 12.6. The minimum atomic E-state index is -0.241. The molecule has 3 rings (SSSR count). The van der Waals surface area contributed by atoms with Crippen molar-refractivity contribution in [2.45, 2.75) is 13.5 Å². The summed E-state index contributed by atoms with van der Waals surface area (Å²) in [6.45, 7) is 2.28. The number of imidazole rings is 1. The van der Waals surface area contributed by atoms with E-state index in [0.29, 0.717) is 29.4 Å². The van der Waals surface area contributed by atoms with Crippen LogP contribution in [0.25, 0.3) is 5.65 Å². The molecule has 0 saturated carbocycles. The second-order valence-electron chi connectivity index (χ2n) is 5.67. The molecule has 0 radical (unpaired) electrons. The average molecular weight is 355 g/mol. The Morgan fingerprint density at radius 1 is 1.12 bits per heavy atom. The third-order valence-corrected chi connectivity index (χ3v) is 4.17. The first-order valence-corrected chi connectivity index (χ1v) is 8.09. The molecule has 2 heterocycles. The lowest BCUT2D eigenvalue weighted by Gasteiger charge is -2.14. The molecule has 0 spiro atoms. The molecule has 26 heavy (non-hydrogen) atoms. The Bertz CT molecular complexity index is 924. The summed E-state index contributed by atoms with van der Waals surface area (Å²) in [7, 11) is 4.55. The number of methoxy groups -OCH3 is 3. The van der Waals surface area contributed by atoms with Gasteiger partial charge in [-0.25, -0.2) is 4.98 Å². The lowest BCUT2D eigenvalue weighted by atomic mass is 10.1. The highest BCUT2D eigenvalue weighted by molar-refractivity contribution is 5.95. The number of carbonyl (C=O) groups is 1. The number of aromatic nitrogens is 2. The highest BCUT2D eigenvalue weighted by atomic mass is 16.5. The molecule has 3 aromatic rings. The number of rotatable bonds is 6. The van der Waals surface area contributed by atoms with E-state index in [2.05, 4.69) is 10.3 Å². The van der Waals surface area contributed by atoms with Crippen LogP contribution in [0, 0.1) is 6.92 Å². The summed E-state index contributed by atoms with van der Waals surface area (Å²) >= 11 is 0. The Labute approximate surface area is 151 Å². The number of hydrogen-bond acceptors (Lipinski definition) is 5. The first-order chi connectivity index (χ1) is 12.6. The number of benzene rings is 1. The summed E-state index contributed by atoms with van der Waals surface area (Å²) in [4.78, 5) is 17.1. The minimum absolute atomic E-state index is 0.241. The highest BCUT2D eigenvalue weighted by Gasteiger charge is 2.17. The van der Waals surface area contributed by atoms with Crippen molar-refractivity contribution < 1.29 is 19.0 Å². The van der Waals surface area contributed by atoms with Crippen molar-refractivity contribution in [2.75, 3.05) is 21.3 Å². The monoisotopic (exact) mass is 355 g/mol. The lowest BCUT2D eigenvalue weighted by molar-refractivity contribution is 0.0949. The number of carbonyl (C=O) groups excluding carboxylic acids is 1. The van der Waals surface area contributed by atoms with Crippen LogP contribution in [0.5, 0.6) is 17.2 Å². The van der Waals surface area contributed by atoms with Crippen molar-refractivity contribution >= 4 is 11.6 Å². The number of pyridine rings is 1. The van der Waals surface area contributed by atoms with Crippen LogP contribution in [0.4, 0.5) is 0 Å². The predicted octanol–water partition coefficient (Wildman–Crippen LogP) is 2.60. The van der Waals surface area contributed by atoms with Crippen LogP contribution in [0.1, 0.15) is 21.7 Å². The van der Waals surface area contributed by atoms with Crippen molar-refractivity contribution in [2.24, 2.45) is 0 Å². The van der Waals surface area contributed by atoms with Gasteiger partial charge in [-0.15, -0.1) is 0 Å². The van der Waals surface area contributed by atoms with E-state index in [1.165, 1.54) is 21.3 Å². The van der Waals surface area contributed by atoms with Gasteiger partial charge >= 0.3 is 0 Å². The molecule has 0 unspecified atom stereocenters. The standard InChI is InChI=1S/C19H21N3O4/c1-12-14(22-8-6-5-7-17(22)21-12)11-20-19(23)13-9-15(24-2)18(26-4)16(10-13)25-3/h5-10H,11H2,1-4H3,(H,20,23). The molecule has 136 valence electrons. The van der Waals surface area contributed by atoms with Crippen molar-refractivity contribution in [1.29, 1.82) is 0 Å². The molecule has 7 heteroatoms. The van der Waals surface area contributed by atoms with Crippen LogP contribution >= 0.6 is 0 Å². The first-order valence-electron chi connectivity index (χ1n) is 8.09. The van der Waals surface area contributed by atoms with Gasteiger partial charge in [0, 0.05) is 11.8 Å². The van der Waals surface area contributed by atoms with Crippen molar-refractivity contribution in [3.8, 4) is 17.2 Å². The zero-order valence-corrected chi connectivity index (χ0v) is 15.2. The second-order valence-corrected chi connectivity index (χ2v) is 5.67. The van der Waals surface area contributed by atoms with Gasteiger partial charge in [-0.1, -0.05) is 6.07 Å². The van der Waals surface area contributed by atoms with E-state index < -0.39 is 0 Å². The molecule has 0 atom stereocenters. The molecule has 1 N–H and O–H groups in total. The van der Waals surface area contributed by atoms with Gasteiger partial charge in [0.15, 0.2) is 11.5 Å². The minimum Gasteiger partial charge on any atom is -0.493 e. The maximum atomic E-state index is 12.6. The van der Waals surface area contributed by atoms with Crippen LogP contribution in [0.15, 0.2) is 36.5 Å². The fourth-order valence-corrected chi connectivity index (χ4v) is 2.86. The number of amides is 1. The molecule has 0 saturated heterocycles. The van der Waals surface area contributed by atoms with Gasteiger partial charge in [0.2, 0.25) is 5.75 Å². The quantitative estimate of drug-likeness (QED) is 0.736. The topological polar surface area (TPSA) is 74.1 Å². The van der Waals surface area contributed by atoms with Gasteiger partial charge < -0.3 is 23.9 Å². The number of aryl methyl sites for hydroxylation is 1. The van der Waals surface area contributed by atoms with E-state index in [4.69, 9.17) is 14.2 Å². The van der Waals surface area contributed by atoms with Crippen LogP contribution in [0.3, 0.4) is 0 Å². The van der Waals surface area contributed by atoms with Crippen LogP contribution < -0.4 is 19.5 Å². The van der Waals surface area contributed by atoms with Gasteiger partial charge in [-0.05, 0) is 31.2 Å². The lowest BCUT2D eigenvalue weighted by Crippen LogP contribution is -2.24. The molecular formula is C19H21N3O4. The van der Waals surface area contributed by atoms with E-state index in [1.54, 1.807) is 12.1 Å². The van der Waals surface area contributed by atoms with Gasteiger partial charge in [0.1, 0.15) is 5.65 Å². The van der Waals surface area contributed by atoms with E-state index in [1.807, 2.05) is 35.7 Å². The Balaban J connectivity index is 1.85. The first kappa shape index (κ1) is 17.6. The summed E-state index contributed by atoms with van der Waals surface area (Å²) in [5.41, 5.74) is 3.08. The summed E-state index contributed by atoms with van der Waals surface area (Å²) in [5.74, 6) is 1.07. The van der Waals surface area contributed by atoms with Gasteiger partial charge in [-0.3, -0.25) is 4.79 Å². The largest absolute Gasteiger partial charge is 0.493 e. The average Bonchev–Trinajstić information content (AvgIpc) is 2.99. The molecule has 1 aromatic carbocycles. The van der Waals surface area contributed by atoms with Crippen molar-refractivity contribution in [1.82, 2.24) is 14.7 Å². The third-order valence-electron chi connectivity index (χ3n) is 4.17. The van der Waals surface area contributed by atoms with E-state index in [0.717, 1.165) is 17.0 Å². The predicted molar refractivity (Wildman–Crippen MR) is 97.2 cm³/mol. The van der Waals surface area contributed by atoms with Crippen molar-refractivity contribution in [3.63, 3.8) is 0 Å². The molecule has 7 nitrogen and oxygen atoms in total. The molecule has 0 aliphatic heterocycles. The third kappa shape index (κ3) is 3.15. The van der Waals surface area contributed by atoms with E-state index in [-0.39, 0.29) is 5.91 Å². The normalized spacial score (nSPS) is 10.6. The van der Waals surface area contributed by atoms with Crippen LogP contribution in [0.2, 0.25) is 0 Å². The zero-order valence-electron chi connectivity index (χ0n) is 15.2. The van der Waals surface area contributed by atoms with Gasteiger partial charge in [0.05, 0.1) is 39.3 Å². The molecule has 0 fully saturated rings. The van der Waals surface area contributed by atoms with E-state index >= 15 is 0 Å². The Kier molecular flexibility index (Phi) is 4.97. The number of nitrogens with one attached hydrogen (secondary N) is 1. The number of ether oxygens (including phenoxy) is 3. The Morgan fingerprint density at radius 3 is 2.42 bits per heavy atom. The zero-order chi connectivity index (χ0) is 18.7. The number of hydrogen-bond donors (Lipinski definition) is 1.